The van der Waals surface area contributed by atoms with Crippen LogP contribution in [0, 0.1) is 6.92 Å². The number of nitrogens with zero attached hydrogens (tertiary/aromatic N) is 2. The Bertz CT molecular complexity index is 766. The van der Waals surface area contributed by atoms with Gasteiger partial charge >= 0.3 is 0 Å². The molecule has 2 rings (SSSR count). The van der Waals surface area contributed by atoms with Gasteiger partial charge in [-0.3, -0.25) is 4.72 Å². The minimum atomic E-state index is -3.87. The molecule has 1 aromatic heterocycles. The van der Waals surface area contributed by atoms with Crippen LogP contribution in [0.15, 0.2) is 29.4 Å². The van der Waals surface area contributed by atoms with E-state index in [0.29, 0.717) is 10.6 Å². The van der Waals surface area contributed by atoms with E-state index >= 15 is 0 Å². The molecule has 2 aromatic rings. The lowest BCUT2D eigenvalue weighted by atomic mass is 10.2. The van der Waals surface area contributed by atoms with E-state index in [0.717, 1.165) is 6.33 Å². The average molecular weight is 353 g/mol. The molecule has 5 nitrogen and oxygen atoms in total. The lowest BCUT2D eigenvalue weighted by Gasteiger charge is -2.11. The Morgan fingerprint density at radius 2 is 1.85 bits per heavy atom. The summed E-state index contributed by atoms with van der Waals surface area (Å²) in [6.45, 7) is 1.60. The van der Waals surface area contributed by atoms with E-state index in [2.05, 4.69) is 14.7 Å². The Morgan fingerprint density at radius 3 is 2.55 bits per heavy atom. The van der Waals surface area contributed by atoms with Gasteiger partial charge in [0, 0.05) is 5.02 Å². The number of nitrogens with one attached hydrogen (secondary N) is 1. The van der Waals surface area contributed by atoms with E-state index in [1.165, 1.54) is 6.07 Å². The van der Waals surface area contributed by atoms with Crippen molar-refractivity contribution in [1.29, 1.82) is 0 Å². The maximum Gasteiger partial charge on any atom is 0.263 e. The SMILES string of the molecule is Cc1c(Cl)cccc1S(=O)(=O)Nc1ncnc(Cl)c1Cl. The molecule has 0 bridgehead atoms. The van der Waals surface area contributed by atoms with Crippen LogP contribution in [0.5, 0.6) is 0 Å². The first-order valence-electron chi connectivity index (χ1n) is 5.27. The van der Waals surface area contributed by atoms with Crippen molar-refractivity contribution in [3.8, 4) is 0 Å². The number of aromatic nitrogens is 2. The molecule has 0 fully saturated rings. The van der Waals surface area contributed by atoms with Crippen LogP contribution >= 0.6 is 34.8 Å². The van der Waals surface area contributed by atoms with Crippen LogP contribution in [0.3, 0.4) is 0 Å². The number of halogens is 3. The van der Waals surface area contributed by atoms with Gasteiger partial charge in [0.1, 0.15) is 11.3 Å². The molecular weight excluding hydrogens is 345 g/mol. The Hall–Kier alpha value is -1.08. The van der Waals surface area contributed by atoms with E-state index in [1.807, 2.05) is 0 Å². The highest BCUT2D eigenvalue weighted by molar-refractivity contribution is 7.92. The Balaban J connectivity index is 2.47. The topological polar surface area (TPSA) is 72.0 Å². The van der Waals surface area contributed by atoms with Crippen molar-refractivity contribution in [3.05, 3.63) is 45.3 Å². The number of sulfonamides is 1. The molecule has 0 aliphatic carbocycles. The van der Waals surface area contributed by atoms with E-state index < -0.39 is 10.0 Å². The molecule has 1 N–H and O–H groups in total. The van der Waals surface area contributed by atoms with Gasteiger partial charge in [0.05, 0.1) is 4.90 Å². The molecule has 9 heteroatoms. The molecule has 0 spiro atoms. The number of benzene rings is 1. The molecule has 0 atom stereocenters. The molecular formula is C11H8Cl3N3O2S. The van der Waals surface area contributed by atoms with Gasteiger partial charge in [-0.1, -0.05) is 40.9 Å². The monoisotopic (exact) mass is 351 g/mol. The molecule has 0 saturated heterocycles. The van der Waals surface area contributed by atoms with E-state index in [9.17, 15) is 8.42 Å². The fraction of sp³-hybridized carbons (Fsp3) is 0.0909. The Labute approximate surface area is 131 Å². The largest absolute Gasteiger partial charge is 0.263 e. The van der Waals surface area contributed by atoms with Crippen molar-refractivity contribution in [2.24, 2.45) is 0 Å². The van der Waals surface area contributed by atoms with Crippen molar-refractivity contribution >= 4 is 50.6 Å². The molecule has 1 heterocycles. The van der Waals surface area contributed by atoms with E-state index in [4.69, 9.17) is 34.8 Å². The Morgan fingerprint density at radius 1 is 1.15 bits per heavy atom. The average Bonchev–Trinajstić information content (AvgIpc) is 2.38. The van der Waals surface area contributed by atoms with Crippen LogP contribution in [0.4, 0.5) is 5.82 Å². The van der Waals surface area contributed by atoms with Crippen LogP contribution in [0.2, 0.25) is 15.2 Å². The Kier molecular flexibility index (Phi) is 4.39. The fourth-order valence-corrected chi connectivity index (χ4v) is 3.34. The van der Waals surface area contributed by atoms with Crippen molar-refractivity contribution in [3.63, 3.8) is 0 Å². The summed E-state index contributed by atoms with van der Waals surface area (Å²) in [5.41, 5.74) is 0.429. The van der Waals surface area contributed by atoms with Crippen molar-refractivity contribution in [2.45, 2.75) is 11.8 Å². The fourth-order valence-electron chi connectivity index (χ4n) is 1.48. The molecule has 0 unspecified atom stereocenters. The molecule has 0 radical (unpaired) electrons. The number of hydrogen-bond acceptors (Lipinski definition) is 4. The molecule has 0 amide bonds. The third-order valence-corrected chi connectivity index (χ3v) is 5.12. The quantitative estimate of drug-likeness (QED) is 0.858. The smallest absolute Gasteiger partial charge is 0.262 e. The third-order valence-electron chi connectivity index (χ3n) is 2.49. The highest BCUT2D eigenvalue weighted by Gasteiger charge is 2.20. The summed E-state index contributed by atoms with van der Waals surface area (Å²) >= 11 is 17.5. The molecule has 1 aromatic carbocycles. The third kappa shape index (κ3) is 2.98. The molecule has 0 saturated carbocycles. The minimum absolute atomic E-state index is 0.0378. The molecule has 0 aliphatic heterocycles. The lowest BCUT2D eigenvalue weighted by molar-refractivity contribution is 0.600. The standard InChI is InChI=1S/C11H8Cl3N3O2S/c1-6-7(12)3-2-4-8(6)20(18,19)17-11-9(13)10(14)15-5-16-11/h2-5H,1H3,(H,15,16,17). The van der Waals surface area contributed by atoms with Gasteiger partial charge in [-0.05, 0) is 24.6 Å². The first-order valence-corrected chi connectivity index (χ1v) is 7.88. The lowest BCUT2D eigenvalue weighted by Crippen LogP contribution is -2.15. The van der Waals surface area contributed by atoms with Crippen molar-refractivity contribution in [2.75, 3.05) is 4.72 Å². The van der Waals surface area contributed by atoms with Gasteiger partial charge in [-0.25, -0.2) is 18.4 Å². The second kappa shape index (κ2) is 5.73. The summed E-state index contributed by atoms with van der Waals surface area (Å²) in [4.78, 5) is 7.43. The van der Waals surface area contributed by atoms with Gasteiger partial charge in [0.25, 0.3) is 10.0 Å². The van der Waals surface area contributed by atoms with Crippen molar-refractivity contribution in [1.82, 2.24) is 9.97 Å². The normalized spacial score (nSPS) is 11.4. The summed E-state index contributed by atoms with van der Waals surface area (Å²) < 4.78 is 26.9. The highest BCUT2D eigenvalue weighted by Crippen LogP contribution is 2.29. The van der Waals surface area contributed by atoms with Crippen LogP contribution in [-0.2, 0) is 10.0 Å². The zero-order valence-corrected chi connectivity index (χ0v) is 13.1. The number of hydrogen-bond donors (Lipinski definition) is 1. The first-order chi connectivity index (χ1) is 9.33. The summed E-state index contributed by atoms with van der Waals surface area (Å²) in [5, 5.41) is 0.235. The number of anilines is 1. The molecule has 0 aliphatic rings. The number of rotatable bonds is 3. The van der Waals surface area contributed by atoms with Crippen molar-refractivity contribution < 1.29 is 8.42 Å². The van der Waals surface area contributed by atoms with Gasteiger partial charge < -0.3 is 0 Å². The van der Waals surface area contributed by atoms with Crippen LogP contribution in [0.25, 0.3) is 0 Å². The zero-order chi connectivity index (χ0) is 14.9. The molecule has 20 heavy (non-hydrogen) atoms. The first kappa shape index (κ1) is 15.3. The summed E-state index contributed by atoms with van der Waals surface area (Å²) in [5.74, 6) is -0.0916. The van der Waals surface area contributed by atoms with E-state index in [-0.39, 0.29) is 20.9 Å². The molecule has 106 valence electrons. The maximum atomic E-state index is 12.3. The minimum Gasteiger partial charge on any atom is -0.262 e. The second-order valence-corrected chi connectivity index (χ2v) is 6.59. The predicted octanol–water partition coefficient (Wildman–Crippen LogP) is 3.55. The van der Waals surface area contributed by atoms with E-state index in [1.54, 1.807) is 19.1 Å². The van der Waals surface area contributed by atoms with Gasteiger partial charge in [-0.15, -0.1) is 0 Å². The maximum absolute atomic E-state index is 12.3. The van der Waals surface area contributed by atoms with Gasteiger partial charge in [-0.2, -0.15) is 0 Å². The van der Waals surface area contributed by atoms with Crippen LogP contribution in [-0.4, -0.2) is 18.4 Å². The predicted molar refractivity (Wildman–Crippen MR) is 79.0 cm³/mol. The summed E-state index contributed by atoms with van der Waals surface area (Å²) in [6.07, 6.45) is 1.11. The zero-order valence-electron chi connectivity index (χ0n) is 10.1. The summed E-state index contributed by atoms with van der Waals surface area (Å²) in [6, 6.07) is 4.57. The van der Waals surface area contributed by atoms with Gasteiger partial charge in [0.15, 0.2) is 11.0 Å². The second-order valence-electron chi connectivity index (χ2n) is 3.80. The highest BCUT2D eigenvalue weighted by atomic mass is 35.5. The van der Waals surface area contributed by atoms with Gasteiger partial charge in [0.2, 0.25) is 0 Å². The summed E-state index contributed by atoms with van der Waals surface area (Å²) in [7, 11) is -3.87. The van der Waals surface area contributed by atoms with Crippen LogP contribution in [0.1, 0.15) is 5.56 Å². The van der Waals surface area contributed by atoms with Crippen LogP contribution < -0.4 is 4.72 Å².